The van der Waals surface area contributed by atoms with E-state index in [1.807, 2.05) is 33.0 Å². The summed E-state index contributed by atoms with van der Waals surface area (Å²) in [5, 5.41) is 6.25. The molecule has 1 atom stereocenters. The van der Waals surface area contributed by atoms with Crippen LogP contribution in [0.15, 0.2) is 47.1 Å². The van der Waals surface area contributed by atoms with Gasteiger partial charge in [0, 0.05) is 24.1 Å². The number of fused-ring (bicyclic) bond motifs is 1. The first-order valence-corrected chi connectivity index (χ1v) is 10.1. The number of carbonyl (C=O) groups is 1. The molecule has 8 heteroatoms. The third-order valence-electron chi connectivity index (χ3n) is 5.29. The summed E-state index contributed by atoms with van der Waals surface area (Å²) < 4.78 is 7.18. The van der Waals surface area contributed by atoms with E-state index in [2.05, 4.69) is 10.1 Å². The molecule has 0 bridgehead atoms. The van der Waals surface area contributed by atoms with E-state index in [-0.39, 0.29) is 11.9 Å². The molecule has 1 unspecified atom stereocenters. The van der Waals surface area contributed by atoms with E-state index in [0.717, 1.165) is 16.6 Å². The monoisotopic (exact) mass is 442 g/mol. The topological polar surface area (TPSA) is 64.2 Å². The summed E-state index contributed by atoms with van der Waals surface area (Å²) in [5.41, 5.74) is 3.26. The molecular formula is C22H20Cl2N4O2. The number of aromatic nitrogens is 3. The van der Waals surface area contributed by atoms with Crippen LogP contribution in [0.3, 0.4) is 0 Å². The number of aryl methyl sites for hydroxylation is 2. The zero-order valence-corrected chi connectivity index (χ0v) is 18.5. The number of pyridine rings is 1. The summed E-state index contributed by atoms with van der Waals surface area (Å²) in [6.45, 7) is 3.79. The summed E-state index contributed by atoms with van der Waals surface area (Å²) in [7, 11) is 3.56. The molecule has 0 saturated carbocycles. The molecule has 0 spiro atoms. The van der Waals surface area contributed by atoms with Crippen molar-refractivity contribution < 1.29 is 9.21 Å². The Hall–Kier alpha value is -2.83. The number of hydrogen-bond donors (Lipinski definition) is 0. The number of carbonyl (C=O) groups excluding carboxylic acids is 1. The van der Waals surface area contributed by atoms with Crippen LogP contribution in [0, 0.1) is 6.92 Å². The van der Waals surface area contributed by atoms with Gasteiger partial charge in [0.1, 0.15) is 5.69 Å². The van der Waals surface area contributed by atoms with Crippen LogP contribution in [-0.4, -0.2) is 32.6 Å². The average molecular weight is 443 g/mol. The predicted molar refractivity (Wildman–Crippen MR) is 118 cm³/mol. The lowest BCUT2D eigenvalue weighted by molar-refractivity contribution is 0.0744. The van der Waals surface area contributed by atoms with Gasteiger partial charge in [0.25, 0.3) is 5.91 Å². The van der Waals surface area contributed by atoms with Crippen LogP contribution in [0.5, 0.6) is 0 Å². The van der Waals surface area contributed by atoms with Crippen molar-refractivity contribution in [3.05, 3.63) is 69.5 Å². The van der Waals surface area contributed by atoms with E-state index in [9.17, 15) is 4.79 Å². The summed E-state index contributed by atoms with van der Waals surface area (Å²) in [5.74, 6) is 0.422. The van der Waals surface area contributed by atoms with Gasteiger partial charge < -0.3 is 9.32 Å². The third kappa shape index (κ3) is 3.46. The quantitative estimate of drug-likeness (QED) is 0.407. The van der Waals surface area contributed by atoms with Gasteiger partial charge in [-0.05, 0) is 49.7 Å². The van der Waals surface area contributed by atoms with Gasteiger partial charge in [0.2, 0.25) is 0 Å². The van der Waals surface area contributed by atoms with E-state index < -0.39 is 0 Å². The van der Waals surface area contributed by atoms with Crippen molar-refractivity contribution >= 4 is 40.1 Å². The number of amides is 1. The Bertz CT molecular complexity index is 1250. The smallest absolute Gasteiger partial charge is 0.254 e. The van der Waals surface area contributed by atoms with Crippen LogP contribution in [0.1, 0.15) is 34.6 Å². The van der Waals surface area contributed by atoms with Gasteiger partial charge in [-0.15, -0.1) is 0 Å². The van der Waals surface area contributed by atoms with E-state index >= 15 is 0 Å². The standard InChI is InChI=1S/C22H20Cl2N4O2/c1-12-20-16(11-18(19-6-5-9-30-19)25-21(20)28(4)26-12)22(29)27(3)13(2)15-8-7-14(23)10-17(15)24/h5-11,13H,1-4H3. The lowest BCUT2D eigenvalue weighted by Crippen LogP contribution is -2.30. The van der Waals surface area contributed by atoms with Crippen molar-refractivity contribution in [3.63, 3.8) is 0 Å². The highest BCUT2D eigenvalue weighted by molar-refractivity contribution is 6.35. The Labute approximate surface area is 184 Å². The lowest BCUT2D eigenvalue weighted by atomic mass is 10.0. The van der Waals surface area contributed by atoms with E-state index in [1.54, 1.807) is 47.2 Å². The lowest BCUT2D eigenvalue weighted by Gasteiger charge is -2.26. The first-order chi connectivity index (χ1) is 14.3. The van der Waals surface area contributed by atoms with E-state index in [4.69, 9.17) is 27.6 Å². The van der Waals surface area contributed by atoms with Crippen LogP contribution >= 0.6 is 23.2 Å². The van der Waals surface area contributed by atoms with Gasteiger partial charge in [-0.3, -0.25) is 9.48 Å². The molecule has 0 fully saturated rings. The van der Waals surface area contributed by atoms with Crippen LogP contribution in [0.2, 0.25) is 10.0 Å². The van der Waals surface area contributed by atoms with Crippen molar-refractivity contribution in [1.29, 1.82) is 0 Å². The number of rotatable bonds is 4. The molecule has 6 nitrogen and oxygen atoms in total. The molecule has 0 aliphatic carbocycles. The van der Waals surface area contributed by atoms with Crippen LogP contribution in [0.25, 0.3) is 22.5 Å². The van der Waals surface area contributed by atoms with Crippen molar-refractivity contribution in [2.75, 3.05) is 7.05 Å². The molecule has 3 aromatic heterocycles. The molecular weight excluding hydrogens is 423 g/mol. The average Bonchev–Trinajstić information content (AvgIpc) is 3.34. The van der Waals surface area contributed by atoms with Crippen LogP contribution in [0.4, 0.5) is 0 Å². The van der Waals surface area contributed by atoms with Crippen molar-refractivity contribution in [2.24, 2.45) is 7.05 Å². The van der Waals surface area contributed by atoms with Crippen molar-refractivity contribution in [3.8, 4) is 11.5 Å². The molecule has 0 aliphatic heterocycles. The van der Waals surface area contributed by atoms with E-state index in [0.29, 0.717) is 32.7 Å². The minimum absolute atomic E-state index is 0.162. The number of halogens is 2. The maximum Gasteiger partial charge on any atom is 0.254 e. The Balaban J connectivity index is 1.82. The first kappa shape index (κ1) is 20.4. The maximum absolute atomic E-state index is 13.6. The Kier molecular flexibility index (Phi) is 5.30. The second-order valence-corrected chi connectivity index (χ2v) is 8.04. The molecule has 0 saturated heterocycles. The molecule has 0 N–H and O–H groups in total. The number of hydrogen-bond acceptors (Lipinski definition) is 4. The molecule has 3 heterocycles. The second-order valence-electron chi connectivity index (χ2n) is 7.20. The fourth-order valence-corrected chi connectivity index (χ4v) is 4.15. The zero-order valence-electron chi connectivity index (χ0n) is 17.0. The molecule has 0 radical (unpaired) electrons. The number of furan rings is 1. The largest absolute Gasteiger partial charge is 0.463 e. The number of nitrogens with zero attached hydrogens (tertiary/aromatic N) is 4. The van der Waals surface area contributed by atoms with Crippen LogP contribution < -0.4 is 0 Å². The minimum Gasteiger partial charge on any atom is -0.463 e. The van der Waals surface area contributed by atoms with Gasteiger partial charge >= 0.3 is 0 Å². The summed E-state index contributed by atoms with van der Waals surface area (Å²) in [6, 6.07) is 10.4. The third-order valence-corrected chi connectivity index (χ3v) is 5.85. The molecule has 30 heavy (non-hydrogen) atoms. The van der Waals surface area contributed by atoms with Gasteiger partial charge in [0.05, 0.1) is 28.9 Å². The van der Waals surface area contributed by atoms with Gasteiger partial charge in [-0.2, -0.15) is 5.10 Å². The highest BCUT2D eigenvalue weighted by Crippen LogP contribution is 2.32. The zero-order chi connectivity index (χ0) is 21.6. The molecule has 0 aliphatic rings. The molecule has 1 amide bonds. The van der Waals surface area contributed by atoms with Gasteiger partial charge in [-0.1, -0.05) is 29.3 Å². The fourth-order valence-electron chi connectivity index (χ4n) is 3.58. The van der Waals surface area contributed by atoms with Crippen molar-refractivity contribution in [1.82, 2.24) is 19.7 Å². The normalized spacial score (nSPS) is 12.3. The van der Waals surface area contributed by atoms with Crippen molar-refractivity contribution in [2.45, 2.75) is 19.9 Å². The summed E-state index contributed by atoms with van der Waals surface area (Å²) in [4.78, 5) is 19.9. The van der Waals surface area contributed by atoms with Crippen LogP contribution in [-0.2, 0) is 7.05 Å². The van der Waals surface area contributed by atoms with Gasteiger partial charge in [-0.25, -0.2) is 4.98 Å². The first-order valence-electron chi connectivity index (χ1n) is 9.38. The highest BCUT2D eigenvalue weighted by atomic mass is 35.5. The molecule has 4 aromatic rings. The maximum atomic E-state index is 13.6. The number of benzene rings is 1. The second kappa shape index (κ2) is 7.78. The Morgan fingerprint density at radius 3 is 2.67 bits per heavy atom. The van der Waals surface area contributed by atoms with Gasteiger partial charge in [0.15, 0.2) is 11.4 Å². The predicted octanol–water partition coefficient (Wildman–Crippen LogP) is 5.68. The Morgan fingerprint density at radius 2 is 2.00 bits per heavy atom. The molecule has 1 aromatic carbocycles. The highest BCUT2D eigenvalue weighted by Gasteiger charge is 2.26. The molecule has 154 valence electrons. The van der Waals surface area contributed by atoms with E-state index in [1.165, 1.54) is 0 Å². The SMILES string of the molecule is Cc1nn(C)c2nc(-c3ccco3)cc(C(=O)N(C)C(C)c3ccc(Cl)cc3Cl)c12. The summed E-state index contributed by atoms with van der Waals surface area (Å²) >= 11 is 12.4. The molecule has 4 rings (SSSR count). The Morgan fingerprint density at radius 1 is 1.23 bits per heavy atom. The minimum atomic E-state index is -0.269. The fraction of sp³-hybridized carbons (Fsp3) is 0.227. The summed E-state index contributed by atoms with van der Waals surface area (Å²) in [6.07, 6.45) is 1.58.